The summed E-state index contributed by atoms with van der Waals surface area (Å²) in [4.78, 5) is 2.26. The monoisotopic (exact) mass is 215 g/mol. The van der Waals surface area contributed by atoms with Gasteiger partial charge in [0, 0.05) is 13.7 Å². The van der Waals surface area contributed by atoms with Crippen LogP contribution in [0.4, 0.5) is 0 Å². The van der Waals surface area contributed by atoms with Crippen molar-refractivity contribution in [3.63, 3.8) is 0 Å². The molecule has 2 heteroatoms. The third kappa shape index (κ3) is 10.2. The van der Waals surface area contributed by atoms with Crippen LogP contribution in [-0.4, -0.2) is 39.3 Å². The summed E-state index contributed by atoms with van der Waals surface area (Å²) in [6.45, 7) is 4.43. The molecule has 0 fully saturated rings. The van der Waals surface area contributed by atoms with Gasteiger partial charge in [-0.15, -0.1) is 0 Å². The first kappa shape index (κ1) is 14.9. The number of unbranched alkanes of at least 4 members (excludes halogenated alkanes) is 2. The maximum Gasteiger partial charge on any atom is 0.0490 e. The van der Waals surface area contributed by atoms with Crippen LogP contribution < -0.4 is 0 Å². The van der Waals surface area contributed by atoms with Crippen molar-refractivity contribution in [3.8, 4) is 0 Å². The predicted molar refractivity (Wildman–Crippen MR) is 67.3 cm³/mol. The van der Waals surface area contributed by atoms with E-state index in [1.54, 1.807) is 0 Å². The Morgan fingerprint density at radius 2 is 1.80 bits per heavy atom. The highest BCUT2D eigenvalue weighted by Crippen LogP contribution is 2.15. The van der Waals surface area contributed by atoms with Gasteiger partial charge in [-0.25, -0.2) is 0 Å². The third-order valence-corrected chi connectivity index (χ3v) is 2.82. The highest BCUT2D eigenvalue weighted by atomic mass is 16.5. The van der Waals surface area contributed by atoms with Gasteiger partial charge in [-0.05, 0) is 45.8 Å². The lowest BCUT2D eigenvalue weighted by Gasteiger charge is -2.15. The van der Waals surface area contributed by atoms with Crippen LogP contribution in [0.25, 0.3) is 0 Å². The Morgan fingerprint density at radius 3 is 2.33 bits per heavy atom. The lowest BCUT2D eigenvalue weighted by molar-refractivity contribution is 0.141. The van der Waals surface area contributed by atoms with Crippen molar-refractivity contribution in [2.45, 2.75) is 45.4 Å². The molecule has 0 aliphatic heterocycles. The Morgan fingerprint density at radius 1 is 1.07 bits per heavy atom. The zero-order chi connectivity index (χ0) is 11.5. The molecule has 0 amide bonds. The maximum atomic E-state index is 5.24. The van der Waals surface area contributed by atoms with E-state index in [-0.39, 0.29) is 0 Å². The first-order chi connectivity index (χ1) is 7.20. The molecule has 0 saturated carbocycles. The standard InChI is InChI=1S/C13H29NO/c1-5-9-13(12-15-4)10-7-6-8-11-14(2)3/h13H,5-12H2,1-4H3/t13-/m1/s1. The topological polar surface area (TPSA) is 12.5 Å². The smallest absolute Gasteiger partial charge is 0.0490 e. The Hall–Kier alpha value is -0.0800. The number of ether oxygens (including phenoxy) is 1. The molecular formula is C13H29NO. The third-order valence-electron chi connectivity index (χ3n) is 2.82. The summed E-state index contributed by atoms with van der Waals surface area (Å²) in [5.41, 5.74) is 0. The van der Waals surface area contributed by atoms with Crippen LogP contribution in [0.15, 0.2) is 0 Å². The molecule has 0 aliphatic rings. The lowest BCUT2D eigenvalue weighted by Crippen LogP contribution is -2.13. The highest BCUT2D eigenvalue weighted by molar-refractivity contribution is 4.58. The average Bonchev–Trinajstić information content (AvgIpc) is 2.17. The van der Waals surface area contributed by atoms with Crippen LogP contribution in [0, 0.1) is 5.92 Å². The lowest BCUT2D eigenvalue weighted by atomic mass is 9.97. The van der Waals surface area contributed by atoms with Crippen LogP contribution in [0.2, 0.25) is 0 Å². The predicted octanol–water partition coefficient (Wildman–Crippen LogP) is 3.17. The van der Waals surface area contributed by atoms with Crippen molar-refractivity contribution in [1.29, 1.82) is 0 Å². The van der Waals surface area contributed by atoms with Crippen LogP contribution >= 0.6 is 0 Å². The average molecular weight is 215 g/mol. The summed E-state index contributed by atoms with van der Waals surface area (Å²) in [6.07, 6.45) is 8.01. The number of rotatable bonds is 10. The summed E-state index contributed by atoms with van der Waals surface area (Å²) < 4.78 is 5.24. The van der Waals surface area contributed by atoms with E-state index >= 15 is 0 Å². The van der Waals surface area contributed by atoms with E-state index in [0.29, 0.717) is 0 Å². The molecule has 0 N–H and O–H groups in total. The van der Waals surface area contributed by atoms with Crippen molar-refractivity contribution in [2.24, 2.45) is 5.92 Å². The second kappa shape index (κ2) is 10.4. The molecule has 0 rings (SSSR count). The van der Waals surface area contributed by atoms with Gasteiger partial charge in [-0.1, -0.05) is 26.2 Å². The van der Waals surface area contributed by atoms with Crippen molar-refractivity contribution in [2.75, 3.05) is 34.4 Å². The number of hydrogen-bond acceptors (Lipinski definition) is 2. The van der Waals surface area contributed by atoms with Crippen LogP contribution in [0.3, 0.4) is 0 Å². The summed E-state index contributed by atoms with van der Waals surface area (Å²) >= 11 is 0. The highest BCUT2D eigenvalue weighted by Gasteiger charge is 2.06. The molecule has 0 saturated heterocycles. The summed E-state index contributed by atoms with van der Waals surface area (Å²) in [6, 6.07) is 0. The fraction of sp³-hybridized carbons (Fsp3) is 1.00. The molecule has 0 unspecified atom stereocenters. The van der Waals surface area contributed by atoms with E-state index in [9.17, 15) is 0 Å². The molecule has 0 bridgehead atoms. The molecule has 92 valence electrons. The fourth-order valence-corrected chi connectivity index (χ4v) is 1.99. The van der Waals surface area contributed by atoms with Gasteiger partial charge in [-0.2, -0.15) is 0 Å². The SMILES string of the molecule is CCC[C@H](CCCCCN(C)C)COC. The Bertz CT molecular complexity index is 120. The minimum atomic E-state index is 0.791. The quantitative estimate of drug-likeness (QED) is 0.519. The number of hydrogen-bond donors (Lipinski definition) is 0. The van der Waals surface area contributed by atoms with Crippen LogP contribution in [0.5, 0.6) is 0 Å². The van der Waals surface area contributed by atoms with Gasteiger partial charge in [0.1, 0.15) is 0 Å². The zero-order valence-electron chi connectivity index (χ0n) is 11.1. The number of methoxy groups -OCH3 is 1. The van der Waals surface area contributed by atoms with Gasteiger partial charge in [0.05, 0.1) is 0 Å². The van der Waals surface area contributed by atoms with Gasteiger partial charge < -0.3 is 9.64 Å². The van der Waals surface area contributed by atoms with E-state index < -0.39 is 0 Å². The Kier molecular flexibility index (Phi) is 10.4. The van der Waals surface area contributed by atoms with Crippen molar-refractivity contribution < 1.29 is 4.74 Å². The first-order valence-electron chi connectivity index (χ1n) is 6.34. The largest absolute Gasteiger partial charge is 0.384 e. The molecule has 1 atom stereocenters. The molecule has 0 aromatic rings. The molecule has 15 heavy (non-hydrogen) atoms. The van der Waals surface area contributed by atoms with E-state index in [0.717, 1.165) is 12.5 Å². The van der Waals surface area contributed by atoms with Gasteiger partial charge in [0.25, 0.3) is 0 Å². The second-order valence-electron chi connectivity index (χ2n) is 4.76. The van der Waals surface area contributed by atoms with E-state index in [1.807, 2.05) is 7.11 Å². The van der Waals surface area contributed by atoms with E-state index in [1.165, 1.54) is 45.1 Å². The minimum Gasteiger partial charge on any atom is -0.384 e. The molecule has 0 aliphatic carbocycles. The van der Waals surface area contributed by atoms with Gasteiger partial charge in [-0.3, -0.25) is 0 Å². The molecule has 0 heterocycles. The molecule has 0 aromatic carbocycles. The number of nitrogens with zero attached hydrogens (tertiary/aromatic N) is 1. The Labute approximate surface area is 96.0 Å². The maximum absolute atomic E-state index is 5.24. The van der Waals surface area contributed by atoms with Gasteiger partial charge >= 0.3 is 0 Å². The van der Waals surface area contributed by atoms with Crippen molar-refractivity contribution in [1.82, 2.24) is 4.90 Å². The van der Waals surface area contributed by atoms with E-state index in [4.69, 9.17) is 4.74 Å². The van der Waals surface area contributed by atoms with Gasteiger partial charge in [0.2, 0.25) is 0 Å². The Balaban J connectivity index is 3.36. The molecule has 0 spiro atoms. The molecular weight excluding hydrogens is 186 g/mol. The van der Waals surface area contributed by atoms with Crippen molar-refractivity contribution in [3.05, 3.63) is 0 Å². The summed E-state index contributed by atoms with van der Waals surface area (Å²) in [5.74, 6) is 0.791. The minimum absolute atomic E-state index is 0.791. The van der Waals surface area contributed by atoms with Crippen molar-refractivity contribution >= 4 is 0 Å². The summed E-state index contributed by atoms with van der Waals surface area (Å²) in [5, 5.41) is 0. The normalized spacial score (nSPS) is 13.4. The van der Waals surface area contributed by atoms with Gasteiger partial charge in [0.15, 0.2) is 0 Å². The zero-order valence-corrected chi connectivity index (χ0v) is 11.1. The van der Waals surface area contributed by atoms with E-state index in [2.05, 4.69) is 25.9 Å². The molecule has 0 radical (unpaired) electrons. The summed E-state index contributed by atoms with van der Waals surface area (Å²) in [7, 11) is 6.10. The van der Waals surface area contributed by atoms with Crippen LogP contribution in [-0.2, 0) is 4.74 Å². The molecule has 0 aromatic heterocycles. The second-order valence-corrected chi connectivity index (χ2v) is 4.76. The molecule has 2 nitrogen and oxygen atoms in total. The fourth-order valence-electron chi connectivity index (χ4n) is 1.99. The first-order valence-corrected chi connectivity index (χ1v) is 6.34. The van der Waals surface area contributed by atoms with Crippen LogP contribution in [0.1, 0.15) is 45.4 Å².